The standard InChI is InChI=1S/C8H12O5/c1-6(5-12-2)13-8(11)4-3-7(9)10/h3-4,6H,5H2,1-2H3,(H,9,10). The second-order valence-electron chi connectivity index (χ2n) is 2.37. The number of carboxylic acids is 1. The van der Waals surface area contributed by atoms with Gasteiger partial charge >= 0.3 is 11.9 Å². The first-order chi connectivity index (χ1) is 6.06. The highest BCUT2D eigenvalue weighted by Crippen LogP contribution is 1.92. The van der Waals surface area contributed by atoms with Crippen LogP contribution in [0.4, 0.5) is 0 Å². The van der Waals surface area contributed by atoms with Crippen molar-refractivity contribution < 1.29 is 24.2 Å². The van der Waals surface area contributed by atoms with E-state index in [0.717, 1.165) is 12.2 Å². The highest BCUT2D eigenvalue weighted by atomic mass is 16.6. The zero-order chi connectivity index (χ0) is 10.3. The highest BCUT2D eigenvalue weighted by molar-refractivity contribution is 5.90. The molecule has 0 bridgehead atoms. The second kappa shape index (κ2) is 6.19. The summed E-state index contributed by atoms with van der Waals surface area (Å²) in [6, 6.07) is 0. The molecule has 0 radical (unpaired) electrons. The molecule has 0 amide bonds. The summed E-state index contributed by atoms with van der Waals surface area (Å²) < 4.78 is 9.44. The molecule has 0 aliphatic carbocycles. The first-order valence-electron chi connectivity index (χ1n) is 3.66. The average molecular weight is 188 g/mol. The molecule has 0 heterocycles. The Hall–Kier alpha value is -1.36. The number of esters is 1. The van der Waals surface area contributed by atoms with Crippen molar-refractivity contribution in [2.75, 3.05) is 13.7 Å². The number of hydrogen-bond donors (Lipinski definition) is 1. The van der Waals surface area contributed by atoms with Gasteiger partial charge in [0, 0.05) is 19.3 Å². The van der Waals surface area contributed by atoms with Crippen LogP contribution >= 0.6 is 0 Å². The molecular weight excluding hydrogens is 176 g/mol. The molecule has 0 spiro atoms. The summed E-state index contributed by atoms with van der Waals surface area (Å²) in [4.78, 5) is 20.8. The van der Waals surface area contributed by atoms with Gasteiger partial charge in [0.2, 0.25) is 0 Å². The lowest BCUT2D eigenvalue weighted by Crippen LogP contribution is -2.18. The molecule has 0 aliphatic heterocycles. The lowest BCUT2D eigenvalue weighted by molar-refractivity contribution is -0.144. The topological polar surface area (TPSA) is 72.8 Å². The summed E-state index contributed by atoms with van der Waals surface area (Å²) in [5.74, 6) is -1.87. The van der Waals surface area contributed by atoms with E-state index in [1.54, 1.807) is 6.92 Å². The van der Waals surface area contributed by atoms with Gasteiger partial charge in [0.25, 0.3) is 0 Å². The predicted octanol–water partition coefficient (Wildman–Crippen LogP) is 0.205. The minimum Gasteiger partial charge on any atom is -0.478 e. The van der Waals surface area contributed by atoms with Crippen molar-refractivity contribution in [3.05, 3.63) is 12.2 Å². The van der Waals surface area contributed by atoms with Crippen molar-refractivity contribution in [3.63, 3.8) is 0 Å². The quantitative estimate of drug-likeness (QED) is 0.493. The van der Waals surface area contributed by atoms with Crippen molar-refractivity contribution in [1.82, 2.24) is 0 Å². The zero-order valence-electron chi connectivity index (χ0n) is 7.52. The summed E-state index contributed by atoms with van der Waals surface area (Å²) in [7, 11) is 1.48. The molecule has 0 aromatic heterocycles. The molecule has 0 aromatic carbocycles. The van der Waals surface area contributed by atoms with Crippen molar-refractivity contribution in [1.29, 1.82) is 0 Å². The van der Waals surface area contributed by atoms with Crippen molar-refractivity contribution in [2.24, 2.45) is 0 Å². The Morgan fingerprint density at radius 1 is 1.46 bits per heavy atom. The van der Waals surface area contributed by atoms with Crippen LogP contribution in [0.1, 0.15) is 6.92 Å². The van der Waals surface area contributed by atoms with Crippen molar-refractivity contribution in [2.45, 2.75) is 13.0 Å². The van der Waals surface area contributed by atoms with Crippen molar-refractivity contribution >= 4 is 11.9 Å². The number of aliphatic carboxylic acids is 1. The van der Waals surface area contributed by atoms with Gasteiger partial charge in [0.05, 0.1) is 6.61 Å². The lowest BCUT2D eigenvalue weighted by atomic mass is 10.4. The summed E-state index contributed by atoms with van der Waals surface area (Å²) in [6.45, 7) is 1.93. The van der Waals surface area contributed by atoms with E-state index in [4.69, 9.17) is 14.6 Å². The van der Waals surface area contributed by atoms with Crippen LogP contribution in [-0.4, -0.2) is 36.9 Å². The van der Waals surface area contributed by atoms with Crippen LogP contribution < -0.4 is 0 Å². The van der Waals surface area contributed by atoms with Gasteiger partial charge in [-0.15, -0.1) is 0 Å². The van der Waals surface area contributed by atoms with Gasteiger partial charge in [0.15, 0.2) is 0 Å². The molecule has 5 nitrogen and oxygen atoms in total. The van der Waals surface area contributed by atoms with Crippen LogP contribution in [0.15, 0.2) is 12.2 Å². The fourth-order valence-corrected chi connectivity index (χ4v) is 0.646. The number of methoxy groups -OCH3 is 1. The molecule has 0 saturated heterocycles. The number of hydrogen-bond acceptors (Lipinski definition) is 4. The van der Waals surface area contributed by atoms with Crippen LogP contribution in [0.2, 0.25) is 0 Å². The van der Waals surface area contributed by atoms with Gasteiger partial charge < -0.3 is 14.6 Å². The van der Waals surface area contributed by atoms with E-state index in [9.17, 15) is 9.59 Å². The Morgan fingerprint density at radius 3 is 2.54 bits per heavy atom. The summed E-state index contributed by atoms with van der Waals surface area (Å²) in [5, 5.41) is 8.18. The normalized spacial score (nSPS) is 12.8. The van der Waals surface area contributed by atoms with Gasteiger partial charge in [-0.2, -0.15) is 0 Å². The van der Waals surface area contributed by atoms with E-state index in [0.29, 0.717) is 0 Å². The number of ether oxygens (including phenoxy) is 2. The second-order valence-corrected chi connectivity index (χ2v) is 2.37. The number of carbonyl (C=O) groups is 2. The van der Waals surface area contributed by atoms with Gasteiger partial charge in [-0.05, 0) is 6.92 Å². The van der Waals surface area contributed by atoms with Crippen molar-refractivity contribution in [3.8, 4) is 0 Å². The van der Waals surface area contributed by atoms with Gasteiger partial charge in [-0.3, -0.25) is 0 Å². The van der Waals surface area contributed by atoms with E-state index >= 15 is 0 Å². The minimum absolute atomic E-state index is 0.284. The molecule has 1 N–H and O–H groups in total. The first kappa shape index (κ1) is 11.6. The van der Waals surface area contributed by atoms with Crippen LogP contribution in [0.25, 0.3) is 0 Å². The molecule has 1 atom stereocenters. The fourth-order valence-electron chi connectivity index (χ4n) is 0.646. The third kappa shape index (κ3) is 7.02. The molecule has 1 unspecified atom stereocenters. The van der Waals surface area contributed by atoms with E-state index in [-0.39, 0.29) is 12.7 Å². The third-order valence-corrected chi connectivity index (χ3v) is 1.08. The van der Waals surface area contributed by atoms with Crippen LogP contribution in [0.5, 0.6) is 0 Å². The molecule has 5 heteroatoms. The van der Waals surface area contributed by atoms with E-state index in [1.165, 1.54) is 7.11 Å². The monoisotopic (exact) mass is 188 g/mol. The number of carbonyl (C=O) groups excluding carboxylic acids is 1. The molecule has 0 aliphatic rings. The van der Waals surface area contributed by atoms with Gasteiger partial charge in [-0.1, -0.05) is 0 Å². The molecule has 0 rings (SSSR count). The van der Waals surface area contributed by atoms with E-state index < -0.39 is 11.9 Å². The Kier molecular flexibility index (Phi) is 5.54. The molecular formula is C8H12O5. The third-order valence-electron chi connectivity index (χ3n) is 1.08. The van der Waals surface area contributed by atoms with Gasteiger partial charge in [0.1, 0.15) is 6.10 Å². The minimum atomic E-state index is -1.18. The maximum atomic E-state index is 10.8. The molecule has 13 heavy (non-hydrogen) atoms. The summed E-state index contributed by atoms with van der Waals surface area (Å²) in [6.07, 6.45) is 1.20. The highest BCUT2D eigenvalue weighted by Gasteiger charge is 2.05. The average Bonchev–Trinajstić information content (AvgIpc) is 2.01. The van der Waals surface area contributed by atoms with E-state index in [1.807, 2.05) is 0 Å². The zero-order valence-corrected chi connectivity index (χ0v) is 7.52. The Bertz CT molecular complexity index is 209. The molecule has 0 fully saturated rings. The Morgan fingerprint density at radius 2 is 2.08 bits per heavy atom. The first-order valence-corrected chi connectivity index (χ1v) is 3.66. The Balaban J connectivity index is 3.80. The number of rotatable bonds is 5. The maximum Gasteiger partial charge on any atom is 0.331 e. The SMILES string of the molecule is COCC(C)OC(=O)C=CC(=O)O. The smallest absolute Gasteiger partial charge is 0.331 e. The van der Waals surface area contributed by atoms with Gasteiger partial charge in [-0.25, -0.2) is 9.59 Å². The molecule has 74 valence electrons. The number of carboxylic acid groups (broad SMARTS) is 1. The van der Waals surface area contributed by atoms with Crippen LogP contribution in [0.3, 0.4) is 0 Å². The summed E-state index contributed by atoms with van der Waals surface area (Å²) in [5.41, 5.74) is 0. The maximum absolute atomic E-state index is 10.8. The summed E-state index contributed by atoms with van der Waals surface area (Å²) >= 11 is 0. The van der Waals surface area contributed by atoms with Crippen LogP contribution in [-0.2, 0) is 19.1 Å². The lowest BCUT2D eigenvalue weighted by Gasteiger charge is -2.09. The fraction of sp³-hybridized carbons (Fsp3) is 0.500. The van der Waals surface area contributed by atoms with E-state index in [2.05, 4.69) is 0 Å². The molecule has 0 saturated carbocycles. The Labute approximate surface area is 75.9 Å². The van der Waals surface area contributed by atoms with Crippen LogP contribution in [0, 0.1) is 0 Å². The largest absolute Gasteiger partial charge is 0.478 e. The predicted molar refractivity (Wildman–Crippen MR) is 44.2 cm³/mol. The molecule has 0 aromatic rings.